The van der Waals surface area contributed by atoms with Gasteiger partial charge in [-0.3, -0.25) is 4.79 Å². The van der Waals surface area contributed by atoms with Crippen molar-refractivity contribution in [3.8, 4) is 11.8 Å². The molecule has 6 nitrogen and oxygen atoms in total. The highest BCUT2D eigenvalue weighted by Crippen LogP contribution is 2.32. The number of aryl methyl sites for hydroxylation is 1. The lowest BCUT2D eigenvalue weighted by molar-refractivity contribution is -0.145. The van der Waals surface area contributed by atoms with E-state index in [1.54, 1.807) is 37.3 Å². The maximum atomic E-state index is 12.5. The molecule has 1 amide bonds. The number of amides is 1. The number of carbonyl (C=O) groups excluding carboxylic acids is 2. The molecule has 0 radical (unpaired) electrons. The second kappa shape index (κ2) is 11.7. The van der Waals surface area contributed by atoms with Crippen molar-refractivity contribution >= 4 is 39.6 Å². The van der Waals surface area contributed by atoms with Crippen molar-refractivity contribution in [2.75, 3.05) is 18.5 Å². The fraction of sp³-hybridized carbons (Fsp3) is 0.208. The number of hydrogen-bond donors (Lipinski definition) is 1. The molecule has 2 aromatic carbocycles. The molecule has 0 spiro atoms. The minimum atomic E-state index is -0.504. The smallest absolute Gasteiger partial charge is 0.344 e. The number of rotatable bonds is 9. The Morgan fingerprint density at radius 2 is 1.97 bits per heavy atom. The van der Waals surface area contributed by atoms with Crippen LogP contribution in [0.1, 0.15) is 23.6 Å². The quantitative estimate of drug-likeness (QED) is 0.235. The average Bonchev–Trinajstić information content (AvgIpc) is 2.73. The molecular formula is C24H23BrN2O4. The third kappa shape index (κ3) is 7.12. The first kappa shape index (κ1) is 23.9. The number of halogens is 1. The number of benzene rings is 2. The summed E-state index contributed by atoms with van der Waals surface area (Å²) in [6, 6.07) is 12.7. The Balaban J connectivity index is 2.28. The molecule has 0 heterocycles. The molecule has 0 fully saturated rings. The van der Waals surface area contributed by atoms with E-state index < -0.39 is 11.9 Å². The molecule has 160 valence electrons. The van der Waals surface area contributed by atoms with Gasteiger partial charge in [-0.15, -0.1) is 6.58 Å². The van der Waals surface area contributed by atoms with E-state index in [0.717, 1.165) is 11.1 Å². The van der Waals surface area contributed by atoms with E-state index in [4.69, 9.17) is 9.47 Å². The summed E-state index contributed by atoms with van der Waals surface area (Å²) < 4.78 is 11.1. The van der Waals surface area contributed by atoms with Crippen molar-refractivity contribution in [1.29, 1.82) is 5.26 Å². The average molecular weight is 483 g/mol. The van der Waals surface area contributed by atoms with Crippen LogP contribution in [-0.2, 0) is 20.7 Å². The fourth-order valence-electron chi connectivity index (χ4n) is 2.71. The summed E-state index contributed by atoms with van der Waals surface area (Å²) in [5, 5.41) is 12.2. The maximum absolute atomic E-state index is 12.5. The largest absolute Gasteiger partial charge is 0.480 e. The zero-order valence-corrected chi connectivity index (χ0v) is 19.0. The molecule has 0 aromatic heterocycles. The molecule has 1 N–H and O–H groups in total. The lowest BCUT2D eigenvalue weighted by Crippen LogP contribution is -2.15. The van der Waals surface area contributed by atoms with Gasteiger partial charge in [0, 0.05) is 5.69 Å². The monoisotopic (exact) mass is 482 g/mol. The van der Waals surface area contributed by atoms with Crippen molar-refractivity contribution in [2.24, 2.45) is 0 Å². The van der Waals surface area contributed by atoms with E-state index >= 15 is 0 Å². The number of carbonyl (C=O) groups is 2. The first-order valence-corrected chi connectivity index (χ1v) is 10.4. The molecule has 0 bridgehead atoms. The second-order valence-electron chi connectivity index (χ2n) is 6.57. The van der Waals surface area contributed by atoms with Gasteiger partial charge in [-0.1, -0.05) is 23.8 Å². The van der Waals surface area contributed by atoms with E-state index in [1.165, 1.54) is 6.08 Å². The fourth-order valence-corrected chi connectivity index (χ4v) is 3.34. The number of esters is 1. The van der Waals surface area contributed by atoms with Crippen LogP contribution in [0.5, 0.6) is 5.75 Å². The number of nitriles is 1. The first-order chi connectivity index (χ1) is 14.9. The van der Waals surface area contributed by atoms with Crippen molar-refractivity contribution in [2.45, 2.75) is 20.3 Å². The van der Waals surface area contributed by atoms with Gasteiger partial charge in [0.25, 0.3) is 5.91 Å². The normalized spacial score (nSPS) is 10.7. The van der Waals surface area contributed by atoms with Gasteiger partial charge in [-0.25, -0.2) is 4.79 Å². The Morgan fingerprint density at radius 1 is 1.26 bits per heavy atom. The molecule has 31 heavy (non-hydrogen) atoms. The zero-order valence-electron chi connectivity index (χ0n) is 17.4. The highest BCUT2D eigenvalue weighted by molar-refractivity contribution is 9.10. The predicted octanol–water partition coefficient (Wildman–Crippen LogP) is 4.97. The van der Waals surface area contributed by atoms with Gasteiger partial charge in [-0.05, 0) is 77.7 Å². The topological polar surface area (TPSA) is 88.4 Å². The van der Waals surface area contributed by atoms with E-state index in [2.05, 4.69) is 27.8 Å². The summed E-state index contributed by atoms with van der Waals surface area (Å²) in [7, 11) is 0. The first-order valence-electron chi connectivity index (χ1n) is 9.59. The van der Waals surface area contributed by atoms with E-state index in [1.807, 2.05) is 25.1 Å². The minimum Gasteiger partial charge on any atom is -0.480 e. The van der Waals surface area contributed by atoms with Gasteiger partial charge in [0.2, 0.25) is 0 Å². The predicted molar refractivity (Wildman–Crippen MR) is 124 cm³/mol. The molecule has 0 aliphatic carbocycles. The summed E-state index contributed by atoms with van der Waals surface area (Å²) in [6.45, 7) is 7.46. The molecular weight excluding hydrogens is 460 g/mol. The summed E-state index contributed by atoms with van der Waals surface area (Å²) >= 11 is 3.44. The summed E-state index contributed by atoms with van der Waals surface area (Å²) in [5.74, 6) is -0.495. The van der Waals surface area contributed by atoms with Crippen molar-refractivity contribution in [3.05, 3.63) is 75.8 Å². The van der Waals surface area contributed by atoms with Crippen LogP contribution in [0.15, 0.2) is 59.1 Å². The Morgan fingerprint density at radius 3 is 2.58 bits per heavy atom. The van der Waals surface area contributed by atoms with E-state index in [-0.39, 0.29) is 18.8 Å². The van der Waals surface area contributed by atoms with Gasteiger partial charge in [0.05, 0.1) is 11.1 Å². The van der Waals surface area contributed by atoms with Crippen LogP contribution in [0, 0.1) is 18.3 Å². The second-order valence-corrected chi connectivity index (χ2v) is 7.42. The van der Waals surface area contributed by atoms with Gasteiger partial charge in [0.15, 0.2) is 6.61 Å². The summed E-state index contributed by atoms with van der Waals surface area (Å²) in [6.07, 6.45) is 3.66. The van der Waals surface area contributed by atoms with Crippen molar-refractivity contribution in [1.82, 2.24) is 0 Å². The van der Waals surface area contributed by atoms with Gasteiger partial charge >= 0.3 is 5.97 Å². The lowest BCUT2D eigenvalue weighted by atomic mass is 10.0. The third-order valence-corrected chi connectivity index (χ3v) is 4.72. The number of allylic oxidation sites excluding steroid dienone is 1. The van der Waals surface area contributed by atoms with Crippen LogP contribution in [0.3, 0.4) is 0 Å². The number of ether oxygens (including phenoxy) is 2. The molecule has 0 unspecified atom stereocenters. The molecule has 2 rings (SSSR count). The Labute approximate surface area is 190 Å². The highest BCUT2D eigenvalue weighted by Gasteiger charge is 2.14. The van der Waals surface area contributed by atoms with Crippen molar-refractivity contribution < 1.29 is 19.1 Å². The molecule has 0 aliphatic rings. The Hall–Kier alpha value is -3.37. The molecule has 2 aromatic rings. The molecule has 0 atom stereocenters. The number of nitrogens with one attached hydrogen (secondary N) is 1. The van der Waals surface area contributed by atoms with Crippen LogP contribution in [0.25, 0.3) is 6.08 Å². The maximum Gasteiger partial charge on any atom is 0.344 e. The van der Waals surface area contributed by atoms with Gasteiger partial charge < -0.3 is 14.8 Å². The van der Waals surface area contributed by atoms with E-state index in [0.29, 0.717) is 27.9 Å². The summed E-state index contributed by atoms with van der Waals surface area (Å²) in [5.41, 5.74) is 3.00. The standard InChI is InChI=1S/C24H23BrN2O4/c1-4-6-18-11-17(13-21(25)23(18)31-15-22(28)30-5-2)12-19(14-26)24(29)27-20-9-7-16(3)8-10-20/h4,7-13H,1,5-6,15H2,2-3H3,(H,27,29)/b19-12-. The highest BCUT2D eigenvalue weighted by atomic mass is 79.9. The molecule has 0 saturated heterocycles. The Kier molecular flexibility index (Phi) is 9.04. The SMILES string of the molecule is C=CCc1cc(/C=C(/C#N)C(=O)Nc2ccc(C)cc2)cc(Br)c1OCC(=O)OCC. The van der Waals surface area contributed by atoms with Gasteiger partial charge in [-0.2, -0.15) is 5.26 Å². The van der Waals surface area contributed by atoms with Crippen LogP contribution >= 0.6 is 15.9 Å². The van der Waals surface area contributed by atoms with Gasteiger partial charge in [0.1, 0.15) is 17.4 Å². The number of anilines is 1. The van der Waals surface area contributed by atoms with Crippen LogP contribution in [0.2, 0.25) is 0 Å². The van der Waals surface area contributed by atoms with Crippen LogP contribution in [0.4, 0.5) is 5.69 Å². The van der Waals surface area contributed by atoms with Crippen LogP contribution < -0.4 is 10.1 Å². The Bertz CT molecular complexity index is 1040. The summed E-state index contributed by atoms with van der Waals surface area (Å²) in [4.78, 5) is 24.1. The van der Waals surface area contributed by atoms with E-state index in [9.17, 15) is 14.9 Å². The number of hydrogen-bond acceptors (Lipinski definition) is 5. The third-order valence-electron chi connectivity index (χ3n) is 4.13. The lowest BCUT2D eigenvalue weighted by Gasteiger charge is -2.13. The minimum absolute atomic E-state index is 0.0442. The molecule has 0 saturated carbocycles. The molecule has 0 aliphatic heterocycles. The number of nitrogens with zero attached hydrogens (tertiary/aromatic N) is 1. The van der Waals surface area contributed by atoms with Crippen molar-refractivity contribution in [3.63, 3.8) is 0 Å². The zero-order chi connectivity index (χ0) is 22.8. The van der Waals surface area contributed by atoms with Crippen LogP contribution in [-0.4, -0.2) is 25.1 Å². The molecule has 7 heteroatoms.